The lowest BCUT2D eigenvalue weighted by molar-refractivity contribution is 0.0696. The zero-order valence-corrected chi connectivity index (χ0v) is 11.4. The van der Waals surface area contributed by atoms with Crippen molar-refractivity contribution in [2.75, 3.05) is 11.5 Å². The second kappa shape index (κ2) is 4.61. The van der Waals surface area contributed by atoms with Crippen molar-refractivity contribution in [2.24, 2.45) is 0 Å². The monoisotopic (exact) mass is 304 g/mol. The van der Waals surface area contributed by atoms with E-state index in [9.17, 15) is 21.6 Å². The van der Waals surface area contributed by atoms with E-state index in [4.69, 9.17) is 5.11 Å². The molecule has 1 saturated heterocycles. The van der Waals surface area contributed by atoms with Crippen LogP contribution in [0.25, 0.3) is 0 Å². The molecule has 1 aromatic rings. The van der Waals surface area contributed by atoms with Gasteiger partial charge in [-0.05, 0) is 24.6 Å². The van der Waals surface area contributed by atoms with Crippen LogP contribution in [0, 0.1) is 0 Å². The van der Waals surface area contributed by atoms with Crippen LogP contribution >= 0.6 is 0 Å². The fraction of sp³-hybridized carbons (Fsp3) is 0.364. The molecule has 0 aromatic heterocycles. The molecule has 1 aliphatic heterocycles. The third-order valence-electron chi connectivity index (χ3n) is 3.04. The van der Waals surface area contributed by atoms with Crippen LogP contribution in [-0.2, 0) is 19.7 Å². The van der Waals surface area contributed by atoms with Gasteiger partial charge in [0.1, 0.15) is 0 Å². The molecule has 0 saturated carbocycles. The number of hydrogen-bond donors (Lipinski definition) is 1. The standard InChI is InChI=1S/C11H12O6S2/c12-11(13)8-2-1-3-9(6-8)19(16,17)10-4-5-18(14,15)7-10/h1-3,6,10H,4-5,7H2,(H,12,13)/t10-/m0/s1. The van der Waals surface area contributed by atoms with E-state index in [1.807, 2.05) is 0 Å². The first-order chi connectivity index (χ1) is 8.72. The Morgan fingerprint density at radius 1 is 1.32 bits per heavy atom. The van der Waals surface area contributed by atoms with Gasteiger partial charge in [0.05, 0.1) is 27.2 Å². The fourth-order valence-electron chi connectivity index (χ4n) is 2.00. The van der Waals surface area contributed by atoms with Gasteiger partial charge in [0.25, 0.3) is 0 Å². The number of sulfone groups is 2. The van der Waals surface area contributed by atoms with Gasteiger partial charge in [0.15, 0.2) is 19.7 Å². The Hall–Kier alpha value is -1.41. The predicted octanol–water partition coefficient (Wildman–Crippen LogP) is 0.346. The van der Waals surface area contributed by atoms with Crippen LogP contribution in [-0.4, -0.2) is 44.7 Å². The highest BCUT2D eigenvalue weighted by atomic mass is 32.2. The second-order valence-corrected chi connectivity index (χ2v) is 8.86. The minimum atomic E-state index is -3.81. The summed E-state index contributed by atoms with van der Waals surface area (Å²) in [5.74, 6) is -1.77. The lowest BCUT2D eigenvalue weighted by atomic mass is 10.2. The molecule has 0 aliphatic carbocycles. The van der Waals surface area contributed by atoms with Crippen molar-refractivity contribution in [2.45, 2.75) is 16.6 Å². The smallest absolute Gasteiger partial charge is 0.335 e. The van der Waals surface area contributed by atoms with Gasteiger partial charge in [-0.3, -0.25) is 0 Å². The molecule has 1 heterocycles. The zero-order valence-electron chi connectivity index (χ0n) is 9.81. The lowest BCUT2D eigenvalue weighted by Gasteiger charge is -2.10. The van der Waals surface area contributed by atoms with Crippen molar-refractivity contribution in [1.29, 1.82) is 0 Å². The number of aromatic carboxylic acids is 1. The summed E-state index contributed by atoms with van der Waals surface area (Å²) in [4.78, 5) is 10.7. The predicted molar refractivity (Wildman–Crippen MR) is 67.6 cm³/mol. The minimum Gasteiger partial charge on any atom is -0.478 e. The maximum absolute atomic E-state index is 12.2. The molecule has 8 heteroatoms. The van der Waals surface area contributed by atoms with Crippen LogP contribution < -0.4 is 0 Å². The highest BCUT2D eigenvalue weighted by molar-refractivity contribution is 7.96. The maximum atomic E-state index is 12.2. The number of hydrogen-bond acceptors (Lipinski definition) is 5. The number of rotatable bonds is 3. The van der Waals surface area contributed by atoms with Gasteiger partial charge in [-0.1, -0.05) is 6.07 Å². The normalized spacial score (nSPS) is 22.2. The molecular formula is C11H12O6S2. The molecule has 0 unspecified atom stereocenters. The summed E-state index contributed by atoms with van der Waals surface area (Å²) in [5, 5.41) is 7.85. The van der Waals surface area contributed by atoms with Gasteiger partial charge in [-0.15, -0.1) is 0 Å². The number of carboxylic acids is 1. The van der Waals surface area contributed by atoms with Crippen LogP contribution in [0.4, 0.5) is 0 Å². The summed E-state index contributed by atoms with van der Waals surface area (Å²) in [7, 11) is -7.12. The Kier molecular flexibility index (Phi) is 3.40. The molecule has 0 bridgehead atoms. The number of carboxylic acid groups (broad SMARTS) is 1. The first kappa shape index (κ1) is 14.0. The Morgan fingerprint density at radius 3 is 2.53 bits per heavy atom. The van der Waals surface area contributed by atoms with E-state index in [0.29, 0.717) is 0 Å². The maximum Gasteiger partial charge on any atom is 0.335 e. The van der Waals surface area contributed by atoms with Crippen molar-refractivity contribution in [3.05, 3.63) is 29.8 Å². The van der Waals surface area contributed by atoms with Gasteiger partial charge in [0.2, 0.25) is 0 Å². The van der Waals surface area contributed by atoms with Gasteiger partial charge < -0.3 is 5.11 Å². The third kappa shape index (κ3) is 2.79. The van der Waals surface area contributed by atoms with Gasteiger partial charge in [-0.25, -0.2) is 21.6 Å². The molecule has 104 valence electrons. The molecule has 1 N–H and O–H groups in total. The van der Waals surface area contributed by atoms with Crippen LogP contribution in [0.5, 0.6) is 0 Å². The molecule has 1 fully saturated rings. The highest BCUT2D eigenvalue weighted by Crippen LogP contribution is 2.25. The molecule has 0 amide bonds. The van der Waals surface area contributed by atoms with Crippen molar-refractivity contribution in [1.82, 2.24) is 0 Å². The summed E-state index contributed by atoms with van der Waals surface area (Å²) in [6, 6.07) is 4.96. The van der Waals surface area contributed by atoms with E-state index in [1.54, 1.807) is 0 Å². The molecule has 1 aliphatic rings. The van der Waals surface area contributed by atoms with Crippen molar-refractivity contribution in [3.63, 3.8) is 0 Å². The topological polar surface area (TPSA) is 106 Å². The first-order valence-electron chi connectivity index (χ1n) is 5.50. The Balaban J connectivity index is 2.41. The minimum absolute atomic E-state index is 0.0575. The summed E-state index contributed by atoms with van der Waals surface area (Å²) in [5.41, 5.74) is -0.137. The van der Waals surface area contributed by atoms with Crippen molar-refractivity contribution >= 4 is 25.6 Å². The number of carbonyl (C=O) groups is 1. The number of benzene rings is 1. The Bertz CT molecular complexity index is 717. The van der Waals surface area contributed by atoms with E-state index in [1.165, 1.54) is 18.2 Å². The molecule has 0 radical (unpaired) electrons. The summed E-state index contributed by atoms with van der Waals surface area (Å²) in [6.45, 7) is 0. The molecular weight excluding hydrogens is 292 g/mol. The van der Waals surface area contributed by atoms with E-state index < -0.39 is 36.6 Å². The molecule has 1 atom stereocenters. The molecule has 19 heavy (non-hydrogen) atoms. The van der Waals surface area contributed by atoms with Crippen LogP contribution in [0.3, 0.4) is 0 Å². The van der Waals surface area contributed by atoms with E-state index in [2.05, 4.69) is 0 Å². The van der Waals surface area contributed by atoms with Crippen LogP contribution in [0.2, 0.25) is 0 Å². The van der Waals surface area contributed by atoms with Crippen molar-refractivity contribution in [3.8, 4) is 0 Å². The van der Waals surface area contributed by atoms with Gasteiger partial charge in [0, 0.05) is 0 Å². The fourth-order valence-corrected chi connectivity index (χ4v) is 6.41. The molecule has 6 nitrogen and oxygen atoms in total. The Morgan fingerprint density at radius 2 is 2.00 bits per heavy atom. The van der Waals surface area contributed by atoms with Crippen LogP contribution in [0.1, 0.15) is 16.8 Å². The summed E-state index contributed by atoms with van der Waals surface area (Å²) < 4.78 is 47.2. The summed E-state index contributed by atoms with van der Waals surface area (Å²) >= 11 is 0. The second-order valence-electron chi connectivity index (χ2n) is 4.40. The first-order valence-corrected chi connectivity index (χ1v) is 8.87. The van der Waals surface area contributed by atoms with E-state index >= 15 is 0 Å². The third-order valence-corrected chi connectivity index (χ3v) is 7.21. The van der Waals surface area contributed by atoms with Crippen molar-refractivity contribution < 1.29 is 26.7 Å². The largest absolute Gasteiger partial charge is 0.478 e. The average molecular weight is 304 g/mol. The summed E-state index contributed by atoms with van der Waals surface area (Å²) in [6.07, 6.45) is 0.0575. The average Bonchev–Trinajstić information content (AvgIpc) is 2.70. The quantitative estimate of drug-likeness (QED) is 0.863. The lowest BCUT2D eigenvalue weighted by Crippen LogP contribution is -2.23. The zero-order chi connectivity index (χ0) is 14.3. The van der Waals surface area contributed by atoms with Gasteiger partial charge >= 0.3 is 5.97 Å². The molecule has 1 aromatic carbocycles. The van der Waals surface area contributed by atoms with E-state index in [0.717, 1.165) is 6.07 Å². The molecule has 2 rings (SSSR count). The molecule has 0 spiro atoms. The highest BCUT2D eigenvalue weighted by Gasteiger charge is 2.38. The van der Waals surface area contributed by atoms with E-state index in [-0.39, 0.29) is 22.6 Å². The van der Waals surface area contributed by atoms with Crippen LogP contribution in [0.15, 0.2) is 29.2 Å². The SMILES string of the molecule is O=C(O)c1cccc(S(=O)(=O)[C@H]2CCS(=O)(=O)C2)c1. The van der Waals surface area contributed by atoms with Gasteiger partial charge in [-0.2, -0.15) is 0 Å². The Labute approximate surface area is 110 Å².